The van der Waals surface area contributed by atoms with Gasteiger partial charge in [-0.3, -0.25) is 0 Å². The van der Waals surface area contributed by atoms with Crippen molar-refractivity contribution in [1.82, 2.24) is 0 Å². The third-order valence-electron chi connectivity index (χ3n) is 4.37. The molecule has 0 bridgehead atoms. The van der Waals surface area contributed by atoms with Crippen LogP contribution in [0.15, 0.2) is 66.7 Å². The highest BCUT2D eigenvalue weighted by Gasteiger charge is 2.23. The Morgan fingerprint density at radius 3 is 2.12 bits per heavy atom. The first-order valence-electron chi connectivity index (χ1n) is 7.80. The monoisotopic (exact) mass is 380 g/mol. The van der Waals surface area contributed by atoms with E-state index in [1.807, 2.05) is 48.5 Å². The second-order valence-corrected chi connectivity index (χ2v) is 7.58. The lowest BCUT2D eigenvalue weighted by molar-refractivity contribution is 0.625. The van der Waals surface area contributed by atoms with Crippen LogP contribution in [0.2, 0.25) is 0 Å². The van der Waals surface area contributed by atoms with Crippen molar-refractivity contribution in [3.8, 4) is 0 Å². The van der Waals surface area contributed by atoms with Crippen LogP contribution in [0.25, 0.3) is 22.4 Å². The van der Waals surface area contributed by atoms with Crippen LogP contribution in [0.1, 0.15) is 5.56 Å². The van der Waals surface area contributed by atoms with Crippen molar-refractivity contribution in [3.63, 3.8) is 0 Å². The average Bonchev–Trinajstić information content (AvgIpc) is 2.65. The summed E-state index contributed by atoms with van der Waals surface area (Å²) in [6.07, 6.45) is 1.40. The van der Waals surface area contributed by atoms with E-state index in [0.717, 1.165) is 10.8 Å². The molecular formula is C20H12O4S2. The van der Waals surface area contributed by atoms with Gasteiger partial charge in [0.05, 0.1) is 0 Å². The normalized spacial score (nSPS) is 13.3. The standard InChI is InChI=1S/C20H12O4S2/c21-25(22)18-12-14-7-2-4-10-16(14)19(20(18)26(23)24)17-11-5-8-13-6-1-3-9-15(13)17/h1-12H. The zero-order valence-corrected chi connectivity index (χ0v) is 15.0. The molecule has 4 nitrogen and oxygen atoms in total. The molecule has 0 saturated heterocycles. The van der Waals surface area contributed by atoms with Crippen LogP contribution in [-0.4, -0.2) is 26.6 Å². The molecule has 3 aromatic rings. The van der Waals surface area contributed by atoms with Crippen molar-refractivity contribution in [2.75, 3.05) is 0 Å². The first-order valence-corrected chi connectivity index (χ1v) is 9.95. The minimum atomic E-state index is -2.72. The zero-order chi connectivity index (χ0) is 18.3. The van der Waals surface area contributed by atoms with Crippen molar-refractivity contribution in [2.45, 2.75) is 0 Å². The van der Waals surface area contributed by atoms with Gasteiger partial charge in [-0.2, -0.15) is 16.8 Å². The quantitative estimate of drug-likeness (QED) is 0.589. The third kappa shape index (κ3) is 2.60. The number of benzene rings is 3. The molecule has 0 fully saturated rings. The highest BCUT2D eigenvalue weighted by molar-refractivity contribution is 7.84. The van der Waals surface area contributed by atoms with Crippen molar-refractivity contribution < 1.29 is 16.8 Å². The summed E-state index contributed by atoms with van der Waals surface area (Å²) in [5.74, 6) is 0. The fourth-order valence-corrected chi connectivity index (χ4v) is 4.80. The Balaban J connectivity index is 2.33. The van der Waals surface area contributed by atoms with Gasteiger partial charge in [0.15, 0.2) is 0 Å². The second kappa shape index (κ2) is 6.40. The Morgan fingerprint density at radius 2 is 1.35 bits per heavy atom. The lowest BCUT2D eigenvalue weighted by Gasteiger charge is -2.15. The minimum Gasteiger partial charge on any atom is -0.184 e. The maximum Gasteiger partial charge on any atom is 0.223 e. The van der Waals surface area contributed by atoms with Gasteiger partial charge in [0.2, 0.25) is 20.6 Å². The van der Waals surface area contributed by atoms with E-state index in [9.17, 15) is 16.8 Å². The number of hydrogen-bond acceptors (Lipinski definition) is 4. The largest absolute Gasteiger partial charge is 0.223 e. The second-order valence-electron chi connectivity index (χ2n) is 5.80. The molecule has 0 atom stereocenters. The first kappa shape index (κ1) is 16.5. The van der Waals surface area contributed by atoms with Crippen molar-refractivity contribution in [3.05, 3.63) is 82.7 Å². The van der Waals surface area contributed by atoms with Crippen LogP contribution in [0, 0.1) is 0 Å². The van der Waals surface area contributed by atoms with Gasteiger partial charge in [-0.05, 0) is 32.8 Å². The van der Waals surface area contributed by atoms with Crippen LogP contribution in [0.4, 0.5) is 0 Å². The van der Waals surface area contributed by atoms with Gasteiger partial charge in [0.25, 0.3) is 0 Å². The molecule has 1 aliphatic carbocycles. The predicted molar refractivity (Wildman–Crippen MR) is 104 cm³/mol. The molecule has 26 heavy (non-hydrogen) atoms. The molecule has 0 amide bonds. The van der Waals surface area contributed by atoms with E-state index < -0.39 is 20.6 Å². The predicted octanol–water partition coefficient (Wildman–Crippen LogP) is 0.936. The van der Waals surface area contributed by atoms with Gasteiger partial charge in [-0.1, -0.05) is 66.7 Å². The molecule has 0 spiro atoms. The Kier molecular flexibility index (Phi) is 4.06. The fourth-order valence-electron chi connectivity index (χ4n) is 3.30. The molecule has 3 aromatic carbocycles. The smallest absolute Gasteiger partial charge is 0.184 e. The summed E-state index contributed by atoms with van der Waals surface area (Å²) in [5.41, 5.74) is 1.10. The third-order valence-corrected chi connectivity index (χ3v) is 5.94. The highest BCUT2D eigenvalue weighted by atomic mass is 32.2. The fraction of sp³-hybridized carbons (Fsp3) is 0. The van der Waals surface area contributed by atoms with Crippen LogP contribution in [0.5, 0.6) is 0 Å². The molecular weight excluding hydrogens is 368 g/mol. The van der Waals surface area contributed by atoms with Gasteiger partial charge in [-0.25, -0.2) is 0 Å². The molecule has 1 aliphatic rings. The summed E-state index contributed by atoms with van der Waals surface area (Å²) in [5, 5.41) is 3.17. The molecule has 0 saturated carbocycles. The molecule has 0 heterocycles. The molecule has 0 N–H and O–H groups in total. The molecule has 128 valence electrons. The van der Waals surface area contributed by atoms with Gasteiger partial charge in [0.1, 0.15) is 9.73 Å². The first-order chi connectivity index (χ1) is 12.6. The van der Waals surface area contributed by atoms with E-state index in [1.54, 1.807) is 18.2 Å². The summed E-state index contributed by atoms with van der Waals surface area (Å²) >= 11 is 0. The van der Waals surface area contributed by atoms with E-state index in [2.05, 4.69) is 0 Å². The van der Waals surface area contributed by atoms with Gasteiger partial charge < -0.3 is 0 Å². The van der Waals surface area contributed by atoms with Crippen molar-refractivity contribution in [1.29, 1.82) is 0 Å². The summed E-state index contributed by atoms with van der Waals surface area (Å²) in [4.78, 5) is -0.423. The van der Waals surface area contributed by atoms with Crippen LogP contribution >= 0.6 is 0 Å². The summed E-state index contributed by atoms with van der Waals surface area (Å²) in [6.45, 7) is 0. The van der Waals surface area contributed by atoms with Crippen LogP contribution in [-0.2, 0) is 20.6 Å². The van der Waals surface area contributed by atoms with Gasteiger partial charge >= 0.3 is 0 Å². The van der Waals surface area contributed by atoms with E-state index in [-0.39, 0.29) is 9.73 Å². The lowest BCUT2D eigenvalue weighted by Crippen LogP contribution is -2.38. The van der Waals surface area contributed by atoms with E-state index in [4.69, 9.17) is 0 Å². The van der Waals surface area contributed by atoms with Crippen molar-refractivity contribution >= 4 is 52.7 Å². The van der Waals surface area contributed by atoms with E-state index in [0.29, 0.717) is 21.6 Å². The topological polar surface area (TPSA) is 68.3 Å². The number of fused-ring (bicyclic) bond motifs is 2. The number of hydrogen-bond donors (Lipinski definition) is 0. The summed E-state index contributed by atoms with van der Waals surface area (Å²) in [7, 11) is -5.39. The Morgan fingerprint density at radius 1 is 0.654 bits per heavy atom. The maximum atomic E-state index is 12.0. The Hall–Kier alpha value is -2.96. The zero-order valence-electron chi connectivity index (χ0n) is 13.4. The highest BCUT2D eigenvalue weighted by Crippen LogP contribution is 2.25. The molecule has 6 heteroatoms. The molecule has 0 aliphatic heterocycles. The molecule has 0 aromatic heterocycles. The average molecular weight is 380 g/mol. The van der Waals surface area contributed by atoms with Gasteiger partial charge in [0, 0.05) is 5.57 Å². The minimum absolute atomic E-state index is 0.201. The Labute approximate surface area is 152 Å². The molecule has 4 rings (SSSR count). The summed E-state index contributed by atoms with van der Waals surface area (Å²) in [6, 6.07) is 20.4. The maximum absolute atomic E-state index is 12.0. The SMILES string of the molecule is O=S(=O)=C1C=c2ccccc2=C(c2cccc3ccccc23)C1=S(=O)=O. The van der Waals surface area contributed by atoms with Crippen molar-refractivity contribution in [2.24, 2.45) is 0 Å². The summed E-state index contributed by atoms with van der Waals surface area (Å²) < 4.78 is 47.5. The van der Waals surface area contributed by atoms with Crippen LogP contribution < -0.4 is 10.4 Å². The van der Waals surface area contributed by atoms with E-state index >= 15 is 0 Å². The van der Waals surface area contributed by atoms with Gasteiger partial charge in [-0.15, -0.1) is 0 Å². The lowest BCUT2D eigenvalue weighted by atomic mass is 9.90. The van der Waals surface area contributed by atoms with E-state index in [1.165, 1.54) is 6.08 Å². The number of rotatable bonds is 1. The van der Waals surface area contributed by atoms with Crippen LogP contribution in [0.3, 0.4) is 0 Å². The Bertz CT molecular complexity index is 1450. The molecule has 0 radical (unpaired) electrons. The molecule has 0 unspecified atom stereocenters.